The van der Waals surface area contributed by atoms with E-state index in [4.69, 9.17) is 4.74 Å². The Kier molecular flexibility index (Phi) is 4.11. The van der Waals surface area contributed by atoms with Gasteiger partial charge in [0.1, 0.15) is 5.69 Å². The normalized spacial score (nSPS) is 10.5. The number of ether oxygens (including phenoxy) is 1. The third kappa shape index (κ3) is 2.69. The lowest BCUT2D eigenvalue weighted by atomic mass is 10.1. The number of nitrogens with zero attached hydrogens (tertiary/aromatic N) is 2. The molecule has 0 saturated carbocycles. The molecule has 22 heavy (non-hydrogen) atoms. The molecule has 0 amide bonds. The molecule has 0 unspecified atom stereocenters. The van der Waals surface area contributed by atoms with E-state index in [9.17, 15) is 0 Å². The van der Waals surface area contributed by atoms with Crippen molar-refractivity contribution in [2.24, 2.45) is 0 Å². The zero-order valence-electron chi connectivity index (χ0n) is 12.2. The van der Waals surface area contributed by atoms with Gasteiger partial charge in [-0.2, -0.15) is 0 Å². The first kappa shape index (κ1) is 14.6. The highest BCUT2D eigenvalue weighted by atomic mass is 79.9. The predicted octanol–water partition coefficient (Wildman–Crippen LogP) is 4.19. The zero-order valence-corrected chi connectivity index (χ0v) is 13.8. The Hall–Kier alpha value is -2.34. The van der Waals surface area contributed by atoms with Crippen LogP contribution in [0, 0.1) is 0 Å². The summed E-state index contributed by atoms with van der Waals surface area (Å²) < 4.78 is 6.30. The molecular formula is C16H15BrN4O. The van der Waals surface area contributed by atoms with E-state index in [0.29, 0.717) is 5.88 Å². The van der Waals surface area contributed by atoms with Crippen molar-refractivity contribution in [2.45, 2.75) is 0 Å². The van der Waals surface area contributed by atoms with E-state index in [1.54, 1.807) is 19.5 Å². The second kappa shape index (κ2) is 6.19. The highest BCUT2D eigenvalue weighted by Gasteiger charge is 2.11. The van der Waals surface area contributed by atoms with E-state index in [2.05, 4.69) is 36.5 Å². The molecule has 1 aromatic carbocycles. The van der Waals surface area contributed by atoms with Crippen LogP contribution in [0.15, 0.2) is 47.2 Å². The van der Waals surface area contributed by atoms with Crippen LogP contribution in [0.25, 0.3) is 10.9 Å². The molecule has 112 valence electrons. The summed E-state index contributed by atoms with van der Waals surface area (Å²) in [6.45, 7) is 0. The zero-order chi connectivity index (χ0) is 15.5. The molecule has 2 aromatic heterocycles. The molecule has 0 aliphatic rings. The van der Waals surface area contributed by atoms with Crippen molar-refractivity contribution in [1.82, 2.24) is 9.97 Å². The smallest absolute Gasteiger partial charge is 0.237 e. The number of benzene rings is 1. The molecule has 0 saturated heterocycles. The predicted molar refractivity (Wildman–Crippen MR) is 93.1 cm³/mol. The minimum absolute atomic E-state index is 0.546. The number of methoxy groups -OCH3 is 1. The van der Waals surface area contributed by atoms with Gasteiger partial charge in [-0.3, -0.25) is 4.98 Å². The van der Waals surface area contributed by atoms with Gasteiger partial charge in [-0.25, -0.2) is 4.98 Å². The molecular weight excluding hydrogens is 344 g/mol. The number of hydrogen-bond donors (Lipinski definition) is 2. The lowest BCUT2D eigenvalue weighted by molar-refractivity contribution is 0.400. The third-order valence-electron chi connectivity index (χ3n) is 3.32. The maximum Gasteiger partial charge on any atom is 0.237 e. The van der Waals surface area contributed by atoms with Crippen LogP contribution in [0.5, 0.6) is 5.88 Å². The minimum Gasteiger partial charge on any atom is -0.480 e. The van der Waals surface area contributed by atoms with Crippen LogP contribution in [0.3, 0.4) is 0 Å². The van der Waals surface area contributed by atoms with Gasteiger partial charge in [0.2, 0.25) is 5.88 Å². The van der Waals surface area contributed by atoms with Crippen LogP contribution in [-0.4, -0.2) is 24.1 Å². The first-order valence-corrected chi connectivity index (χ1v) is 7.54. The molecule has 3 aromatic rings. The highest BCUT2D eigenvalue weighted by molar-refractivity contribution is 9.10. The van der Waals surface area contributed by atoms with Crippen LogP contribution >= 0.6 is 15.9 Å². The number of halogens is 1. The SMILES string of the molecule is CNc1cnc2ccc(Br)cc2c1Nc1cccnc1OC. The summed E-state index contributed by atoms with van der Waals surface area (Å²) in [6.07, 6.45) is 3.51. The van der Waals surface area contributed by atoms with Gasteiger partial charge in [0.05, 0.1) is 30.2 Å². The summed E-state index contributed by atoms with van der Waals surface area (Å²) in [5, 5.41) is 7.57. The molecule has 0 spiro atoms. The molecule has 0 atom stereocenters. The Balaban J connectivity index is 2.17. The monoisotopic (exact) mass is 358 g/mol. The Bertz CT molecular complexity index is 822. The molecule has 0 aliphatic heterocycles. The average Bonchev–Trinajstić information content (AvgIpc) is 2.55. The Labute approximate surface area is 136 Å². The van der Waals surface area contributed by atoms with Gasteiger partial charge in [-0.1, -0.05) is 15.9 Å². The number of nitrogens with one attached hydrogen (secondary N) is 2. The van der Waals surface area contributed by atoms with Crippen molar-refractivity contribution < 1.29 is 4.74 Å². The summed E-state index contributed by atoms with van der Waals surface area (Å²) in [4.78, 5) is 8.68. The lowest BCUT2D eigenvalue weighted by Crippen LogP contribution is -2.01. The highest BCUT2D eigenvalue weighted by Crippen LogP contribution is 2.35. The van der Waals surface area contributed by atoms with E-state index < -0.39 is 0 Å². The summed E-state index contributed by atoms with van der Waals surface area (Å²) in [5.41, 5.74) is 3.54. The molecule has 2 heterocycles. The van der Waals surface area contributed by atoms with Gasteiger partial charge >= 0.3 is 0 Å². The standard InChI is InChI=1S/C16H15BrN4O/c1-18-14-9-20-12-6-5-10(17)8-11(12)15(14)21-13-4-3-7-19-16(13)22-2/h3-9,18H,1-2H3,(H,20,21). The second-order valence-electron chi connectivity index (χ2n) is 4.64. The Morgan fingerprint density at radius 2 is 2.00 bits per heavy atom. The van der Waals surface area contributed by atoms with Crippen LogP contribution in [0.1, 0.15) is 0 Å². The minimum atomic E-state index is 0.546. The maximum atomic E-state index is 5.31. The van der Waals surface area contributed by atoms with E-state index in [-0.39, 0.29) is 0 Å². The number of fused-ring (bicyclic) bond motifs is 1. The molecule has 0 bridgehead atoms. The number of aromatic nitrogens is 2. The molecule has 0 fully saturated rings. The summed E-state index contributed by atoms with van der Waals surface area (Å²) in [5.74, 6) is 0.546. The first-order valence-electron chi connectivity index (χ1n) is 6.75. The summed E-state index contributed by atoms with van der Waals surface area (Å²) >= 11 is 3.51. The van der Waals surface area contributed by atoms with Crippen molar-refractivity contribution in [3.63, 3.8) is 0 Å². The number of pyridine rings is 2. The van der Waals surface area contributed by atoms with Gasteiger partial charge in [0.15, 0.2) is 0 Å². The maximum absolute atomic E-state index is 5.31. The fraction of sp³-hybridized carbons (Fsp3) is 0.125. The quantitative estimate of drug-likeness (QED) is 0.732. The molecule has 0 aliphatic carbocycles. The molecule has 5 nitrogen and oxygen atoms in total. The van der Waals surface area contributed by atoms with Gasteiger partial charge in [0, 0.05) is 23.1 Å². The summed E-state index contributed by atoms with van der Waals surface area (Å²) in [7, 11) is 3.47. The van der Waals surface area contributed by atoms with Crippen molar-refractivity contribution >= 4 is 43.9 Å². The van der Waals surface area contributed by atoms with Crippen LogP contribution < -0.4 is 15.4 Å². The Morgan fingerprint density at radius 3 is 2.77 bits per heavy atom. The topological polar surface area (TPSA) is 59.1 Å². The van der Waals surface area contributed by atoms with Gasteiger partial charge in [-0.15, -0.1) is 0 Å². The van der Waals surface area contributed by atoms with Gasteiger partial charge < -0.3 is 15.4 Å². The van der Waals surface area contributed by atoms with Crippen LogP contribution in [0.4, 0.5) is 17.1 Å². The van der Waals surface area contributed by atoms with E-state index in [0.717, 1.165) is 32.4 Å². The third-order valence-corrected chi connectivity index (χ3v) is 3.82. The first-order chi connectivity index (χ1) is 10.7. The molecule has 2 N–H and O–H groups in total. The fourth-order valence-corrected chi connectivity index (χ4v) is 2.63. The number of anilines is 3. The molecule has 3 rings (SSSR count). The number of hydrogen-bond acceptors (Lipinski definition) is 5. The van der Waals surface area contributed by atoms with Crippen molar-refractivity contribution in [3.05, 3.63) is 47.2 Å². The van der Waals surface area contributed by atoms with Gasteiger partial charge in [-0.05, 0) is 30.3 Å². The molecule has 6 heteroatoms. The Morgan fingerprint density at radius 1 is 1.14 bits per heavy atom. The van der Waals surface area contributed by atoms with Crippen LogP contribution in [0.2, 0.25) is 0 Å². The lowest BCUT2D eigenvalue weighted by Gasteiger charge is -2.16. The van der Waals surface area contributed by atoms with Crippen LogP contribution in [-0.2, 0) is 0 Å². The largest absolute Gasteiger partial charge is 0.480 e. The van der Waals surface area contributed by atoms with E-state index in [1.807, 2.05) is 37.4 Å². The van der Waals surface area contributed by atoms with E-state index in [1.165, 1.54) is 0 Å². The van der Waals surface area contributed by atoms with E-state index >= 15 is 0 Å². The second-order valence-corrected chi connectivity index (χ2v) is 5.56. The van der Waals surface area contributed by atoms with Crippen molar-refractivity contribution in [3.8, 4) is 5.88 Å². The average molecular weight is 359 g/mol. The summed E-state index contributed by atoms with van der Waals surface area (Å²) in [6, 6.07) is 9.78. The fourth-order valence-electron chi connectivity index (χ4n) is 2.27. The number of rotatable bonds is 4. The van der Waals surface area contributed by atoms with Gasteiger partial charge in [0.25, 0.3) is 0 Å². The van der Waals surface area contributed by atoms with Crippen molar-refractivity contribution in [2.75, 3.05) is 24.8 Å². The van der Waals surface area contributed by atoms with Crippen molar-refractivity contribution in [1.29, 1.82) is 0 Å². The molecule has 0 radical (unpaired) electrons.